The number of aromatic nitrogens is 2. The van der Waals surface area contributed by atoms with Crippen LogP contribution in [-0.2, 0) is 13.1 Å². The number of amides is 2. The molecule has 22 heavy (non-hydrogen) atoms. The number of carbonyl (C=O) groups excluding carboxylic acids is 1. The first-order valence-electron chi connectivity index (χ1n) is 7.86. The zero-order chi connectivity index (χ0) is 15.2. The summed E-state index contributed by atoms with van der Waals surface area (Å²) in [5.74, 6) is 0. The Hall–Kier alpha value is -2.24. The number of nitrogens with one attached hydrogen (secondary N) is 1. The predicted octanol–water partition coefficient (Wildman–Crippen LogP) is 2.63. The Morgan fingerprint density at radius 2 is 2.41 bits per heavy atom. The molecule has 0 aromatic carbocycles. The molecule has 1 aliphatic heterocycles. The van der Waals surface area contributed by atoms with Crippen molar-refractivity contribution in [2.45, 2.75) is 44.8 Å². The van der Waals surface area contributed by atoms with Crippen molar-refractivity contribution in [3.05, 3.63) is 42.6 Å². The van der Waals surface area contributed by atoms with Crippen LogP contribution in [0.5, 0.6) is 0 Å². The molecule has 1 fully saturated rings. The molecule has 0 saturated carbocycles. The third-order valence-corrected chi connectivity index (χ3v) is 4.16. The van der Waals surface area contributed by atoms with Gasteiger partial charge in [0, 0.05) is 43.6 Å². The fourth-order valence-electron chi connectivity index (χ4n) is 2.95. The van der Waals surface area contributed by atoms with Crippen LogP contribution in [-0.4, -0.2) is 33.3 Å². The highest BCUT2D eigenvalue weighted by molar-refractivity contribution is 5.74. The number of urea groups is 1. The number of hydrogen-bond donors (Lipinski definition) is 1. The highest BCUT2D eigenvalue weighted by Gasteiger charge is 2.26. The SMILES string of the molecule is O=C(NCc1ccoc1)N1CCCCC1CCn1cccn1. The normalized spacial score (nSPS) is 18.4. The van der Waals surface area contributed by atoms with E-state index in [2.05, 4.69) is 10.4 Å². The van der Waals surface area contributed by atoms with E-state index in [4.69, 9.17) is 4.42 Å². The summed E-state index contributed by atoms with van der Waals surface area (Å²) in [4.78, 5) is 14.4. The molecule has 2 amide bonds. The quantitative estimate of drug-likeness (QED) is 0.923. The monoisotopic (exact) mass is 302 g/mol. The number of furan rings is 1. The van der Waals surface area contributed by atoms with Crippen molar-refractivity contribution in [2.24, 2.45) is 0 Å². The van der Waals surface area contributed by atoms with Crippen molar-refractivity contribution in [3.63, 3.8) is 0 Å². The van der Waals surface area contributed by atoms with Gasteiger partial charge in [-0.3, -0.25) is 4.68 Å². The number of hydrogen-bond acceptors (Lipinski definition) is 3. The molecular weight excluding hydrogens is 280 g/mol. The Balaban J connectivity index is 1.53. The van der Waals surface area contributed by atoms with Gasteiger partial charge in [0.25, 0.3) is 0 Å². The van der Waals surface area contributed by atoms with Crippen LogP contribution in [0.4, 0.5) is 4.79 Å². The van der Waals surface area contributed by atoms with Gasteiger partial charge >= 0.3 is 6.03 Å². The van der Waals surface area contributed by atoms with E-state index in [0.717, 1.165) is 37.9 Å². The lowest BCUT2D eigenvalue weighted by Crippen LogP contribution is -2.48. The lowest BCUT2D eigenvalue weighted by atomic mass is 10.00. The molecule has 1 N–H and O–H groups in total. The summed E-state index contributed by atoms with van der Waals surface area (Å²) < 4.78 is 6.95. The average Bonchev–Trinajstić information content (AvgIpc) is 3.24. The number of aryl methyl sites for hydroxylation is 1. The Kier molecular flexibility index (Phi) is 4.78. The van der Waals surface area contributed by atoms with Crippen LogP contribution in [0.25, 0.3) is 0 Å². The lowest BCUT2D eigenvalue weighted by Gasteiger charge is -2.35. The van der Waals surface area contributed by atoms with Crippen LogP contribution in [0, 0.1) is 0 Å². The van der Waals surface area contributed by atoms with E-state index in [0.29, 0.717) is 12.6 Å². The van der Waals surface area contributed by atoms with Gasteiger partial charge in [-0.1, -0.05) is 0 Å². The smallest absolute Gasteiger partial charge is 0.317 e. The second kappa shape index (κ2) is 7.15. The summed E-state index contributed by atoms with van der Waals surface area (Å²) in [5.41, 5.74) is 0.985. The summed E-state index contributed by atoms with van der Waals surface area (Å²) in [5, 5.41) is 7.21. The first kappa shape index (κ1) is 14.7. The number of likely N-dealkylation sites (tertiary alicyclic amines) is 1. The fourth-order valence-corrected chi connectivity index (χ4v) is 2.95. The molecule has 1 atom stereocenters. The zero-order valence-electron chi connectivity index (χ0n) is 12.6. The molecule has 6 heteroatoms. The van der Waals surface area contributed by atoms with Crippen molar-refractivity contribution >= 4 is 6.03 Å². The Morgan fingerprint density at radius 1 is 1.45 bits per heavy atom. The molecule has 6 nitrogen and oxygen atoms in total. The summed E-state index contributed by atoms with van der Waals surface area (Å²) in [6, 6.07) is 4.11. The molecule has 0 bridgehead atoms. The third kappa shape index (κ3) is 3.69. The molecule has 1 saturated heterocycles. The minimum Gasteiger partial charge on any atom is -0.472 e. The summed E-state index contributed by atoms with van der Waals surface area (Å²) in [6.45, 7) is 2.20. The van der Waals surface area contributed by atoms with Crippen LogP contribution in [0.15, 0.2) is 41.5 Å². The Bertz CT molecular complexity index is 565. The van der Waals surface area contributed by atoms with Crippen molar-refractivity contribution in [2.75, 3.05) is 6.54 Å². The van der Waals surface area contributed by atoms with Gasteiger partial charge in [-0.05, 0) is 37.8 Å². The molecule has 2 aromatic rings. The van der Waals surface area contributed by atoms with E-state index in [-0.39, 0.29) is 6.03 Å². The van der Waals surface area contributed by atoms with Gasteiger partial charge in [0.05, 0.1) is 12.5 Å². The molecule has 1 unspecified atom stereocenters. The van der Waals surface area contributed by atoms with Crippen LogP contribution >= 0.6 is 0 Å². The maximum Gasteiger partial charge on any atom is 0.317 e. The first-order valence-corrected chi connectivity index (χ1v) is 7.86. The standard InChI is InChI=1S/C16H22N4O2/c21-16(17-12-14-6-11-22-13-14)20-9-2-1-4-15(20)5-10-19-8-3-7-18-19/h3,6-8,11,13,15H,1-2,4-5,9-10,12H2,(H,17,21). The van der Waals surface area contributed by atoms with Crippen molar-refractivity contribution < 1.29 is 9.21 Å². The van der Waals surface area contributed by atoms with E-state index in [1.807, 2.05) is 27.9 Å². The van der Waals surface area contributed by atoms with E-state index in [1.165, 1.54) is 6.42 Å². The maximum atomic E-state index is 12.4. The molecule has 2 aromatic heterocycles. The van der Waals surface area contributed by atoms with Crippen molar-refractivity contribution in [1.82, 2.24) is 20.0 Å². The topological polar surface area (TPSA) is 63.3 Å². The van der Waals surface area contributed by atoms with Gasteiger partial charge in [0.15, 0.2) is 0 Å². The minimum absolute atomic E-state index is 0.0198. The second-order valence-electron chi connectivity index (χ2n) is 5.69. The zero-order valence-corrected chi connectivity index (χ0v) is 12.6. The first-order chi connectivity index (χ1) is 10.8. The van der Waals surface area contributed by atoms with E-state index in [1.54, 1.807) is 18.7 Å². The summed E-state index contributed by atoms with van der Waals surface area (Å²) in [6.07, 6.45) is 11.3. The van der Waals surface area contributed by atoms with E-state index in [9.17, 15) is 4.79 Å². The van der Waals surface area contributed by atoms with Gasteiger partial charge in [-0.15, -0.1) is 0 Å². The summed E-state index contributed by atoms with van der Waals surface area (Å²) >= 11 is 0. The van der Waals surface area contributed by atoms with Gasteiger partial charge in [0.1, 0.15) is 0 Å². The molecule has 1 aliphatic rings. The summed E-state index contributed by atoms with van der Waals surface area (Å²) in [7, 11) is 0. The lowest BCUT2D eigenvalue weighted by molar-refractivity contribution is 0.143. The average molecular weight is 302 g/mol. The Morgan fingerprint density at radius 3 is 3.18 bits per heavy atom. The maximum absolute atomic E-state index is 12.4. The van der Waals surface area contributed by atoms with Crippen molar-refractivity contribution in [1.29, 1.82) is 0 Å². The van der Waals surface area contributed by atoms with Gasteiger partial charge < -0.3 is 14.6 Å². The Labute approximate surface area is 130 Å². The highest BCUT2D eigenvalue weighted by atomic mass is 16.3. The van der Waals surface area contributed by atoms with Crippen LogP contribution in [0.3, 0.4) is 0 Å². The second-order valence-corrected chi connectivity index (χ2v) is 5.69. The fraction of sp³-hybridized carbons (Fsp3) is 0.500. The molecule has 3 rings (SSSR count). The van der Waals surface area contributed by atoms with Gasteiger partial charge in [0.2, 0.25) is 0 Å². The van der Waals surface area contributed by atoms with Gasteiger partial charge in [-0.2, -0.15) is 5.10 Å². The third-order valence-electron chi connectivity index (χ3n) is 4.16. The molecular formula is C16H22N4O2. The molecule has 3 heterocycles. The van der Waals surface area contributed by atoms with E-state index >= 15 is 0 Å². The van der Waals surface area contributed by atoms with E-state index < -0.39 is 0 Å². The minimum atomic E-state index is 0.0198. The number of piperidine rings is 1. The molecule has 118 valence electrons. The van der Waals surface area contributed by atoms with Crippen molar-refractivity contribution in [3.8, 4) is 0 Å². The van der Waals surface area contributed by atoms with Crippen LogP contribution < -0.4 is 5.32 Å². The molecule has 0 spiro atoms. The number of rotatable bonds is 5. The molecule has 0 radical (unpaired) electrons. The number of carbonyl (C=O) groups is 1. The largest absolute Gasteiger partial charge is 0.472 e. The van der Waals surface area contributed by atoms with Gasteiger partial charge in [-0.25, -0.2) is 4.79 Å². The van der Waals surface area contributed by atoms with Crippen LogP contribution in [0.1, 0.15) is 31.2 Å². The highest BCUT2D eigenvalue weighted by Crippen LogP contribution is 2.20. The van der Waals surface area contributed by atoms with Crippen LogP contribution in [0.2, 0.25) is 0 Å². The predicted molar refractivity (Wildman–Crippen MR) is 82.1 cm³/mol. The molecule has 0 aliphatic carbocycles. The number of nitrogens with zero attached hydrogens (tertiary/aromatic N) is 3.